The fourth-order valence-corrected chi connectivity index (χ4v) is 6.65. The molecular weight excluding hydrogens is 536 g/mol. The van der Waals surface area contributed by atoms with E-state index in [-0.39, 0.29) is 23.3 Å². The van der Waals surface area contributed by atoms with Crippen LogP contribution in [0.1, 0.15) is 51.6 Å². The normalized spacial score (nSPS) is 19.2. The number of piperidine rings is 1. The number of fused-ring (bicyclic) bond motifs is 4. The van der Waals surface area contributed by atoms with Crippen molar-refractivity contribution in [2.45, 2.75) is 31.7 Å². The maximum Gasteiger partial charge on any atom is 0.255 e. The summed E-state index contributed by atoms with van der Waals surface area (Å²) < 4.78 is 18.2. The molecule has 6 rings (SSSR count). The van der Waals surface area contributed by atoms with E-state index in [9.17, 15) is 14.4 Å². The first-order valence-electron chi connectivity index (χ1n) is 14.4. The van der Waals surface area contributed by atoms with Crippen molar-refractivity contribution in [2.24, 2.45) is 5.92 Å². The van der Waals surface area contributed by atoms with E-state index in [0.717, 1.165) is 50.3 Å². The molecule has 4 heterocycles. The van der Waals surface area contributed by atoms with Gasteiger partial charge in [0, 0.05) is 61.5 Å². The summed E-state index contributed by atoms with van der Waals surface area (Å²) in [6.07, 6.45) is 3.00. The van der Waals surface area contributed by atoms with Crippen molar-refractivity contribution >= 4 is 23.2 Å². The van der Waals surface area contributed by atoms with Crippen molar-refractivity contribution in [3.63, 3.8) is 0 Å². The molecule has 2 fully saturated rings. The Morgan fingerprint density at radius 3 is 2.29 bits per heavy atom. The van der Waals surface area contributed by atoms with Crippen LogP contribution in [0, 0.1) is 5.92 Å². The molecule has 3 aliphatic rings. The number of hydrogen-bond donors (Lipinski definition) is 1. The van der Waals surface area contributed by atoms with Gasteiger partial charge in [-0.3, -0.25) is 14.4 Å². The summed E-state index contributed by atoms with van der Waals surface area (Å²) in [5.41, 5.74) is 3.36. The van der Waals surface area contributed by atoms with E-state index in [4.69, 9.17) is 14.2 Å². The van der Waals surface area contributed by atoms with Gasteiger partial charge in [0.2, 0.25) is 5.75 Å². The first kappa shape index (κ1) is 27.7. The summed E-state index contributed by atoms with van der Waals surface area (Å²) in [5, 5.41) is 3.09. The van der Waals surface area contributed by atoms with E-state index in [1.165, 1.54) is 21.3 Å². The maximum atomic E-state index is 13.7. The van der Waals surface area contributed by atoms with Gasteiger partial charge in [-0.15, -0.1) is 0 Å². The number of hydrogen-bond acceptors (Lipinski definition) is 7. The molecule has 3 aromatic rings. The molecule has 1 N–H and O–H groups in total. The molecule has 1 aromatic heterocycles. The smallest absolute Gasteiger partial charge is 0.255 e. The highest BCUT2D eigenvalue weighted by Crippen LogP contribution is 2.41. The quantitative estimate of drug-likeness (QED) is 0.457. The maximum absolute atomic E-state index is 13.7. The summed E-state index contributed by atoms with van der Waals surface area (Å²) in [4.78, 5) is 43.7. The number of nitrogens with one attached hydrogen (secondary N) is 1. The molecule has 0 aliphatic carbocycles. The zero-order valence-corrected chi connectivity index (χ0v) is 24.2. The highest BCUT2D eigenvalue weighted by Gasteiger charge is 2.35. The highest BCUT2D eigenvalue weighted by atomic mass is 16.5. The van der Waals surface area contributed by atoms with Crippen LogP contribution < -0.4 is 30.0 Å². The number of benzene rings is 2. The second-order valence-corrected chi connectivity index (χ2v) is 11.2. The van der Waals surface area contributed by atoms with Crippen molar-refractivity contribution in [2.75, 3.05) is 57.7 Å². The van der Waals surface area contributed by atoms with Gasteiger partial charge in [-0.05, 0) is 61.6 Å². The lowest BCUT2D eigenvalue weighted by atomic mass is 9.83. The Balaban J connectivity index is 1.36. The number of ether oxygens (including phenoxy) is 3. The first-order valence-corrected chi connectivity index (χ1v) is 14.4. The van der Waals surface area contributed by atoms with Gasteiger partial charge in [0.15, 0.2) is 11.5 Å². The van der Waals surface area contributed by atoms with Crippen LogP contribution in [0.25, 0.3) is 0 Å². The van der Waals surface area contributed by atoms with Crippen LogP contribution in [-0.4, -0.2) is 68.8 Å². The van der Waals surface area contributed by atoms with Crippen LogP contribution in [0.15, 0.2) is 53.3 Å². The Labute approximate surface area is 244 Å². The Morgan fingerprint density at radius 2 is 1.60 bits per heavy atom. The monoisotopic (exact) mass is 572 g/mol. The average Bonchev–Trinajstić information content (AvgIpc) is 3.55. The molecule has 10 heteroatoms. The molecule has 2 bridgehead atoms. The number of pyridine rings is 1. The Kier molecular flexibility index (Phi) is 7.53. The third kappa shape index (κ3) is 5.06. The number of rotatable bonds is 7. The molecule has 0 unspecified atom stereocenters. The Morgan fingerprint density at radius 1 is 0.857 bits per heavy atom. The largest absolute Gasteiger partial charge is 0.493 e. The van der Waals surface area contributed by atoms with Gasteiger partial charge < -0.3 is 33.9 Å². The van der Waals surface area contributed by atoms with Crippen LogP contribution >= 0.6 is 0 Å². The van der Waals surface area contributed by atoms with Crippen LogP contribution in [0.3, 0.4) is 0 Å². The number of anilines is 2. The van der Waals surface area contributed by atoms with E-state index in [2.05, 4.69) is 10.2 Å². The van der Waals surface area contributed by atoms with Gasteiger partial charge >= 0.3 is 0 Å². The van der Waals surface area contributed by atoms with E-state index in [1.54, 1.807) is 24.3 Å². The first-order chi connectivity index (χ1) is 20.4. The molecule has 0 saturated carbocycles. The minimum absolute atomic E-state index is 0.0360. The van der Waals surface area contributed by atoms with Crippen molar-refractivity contribution in [1.82, 2.24) is 9.47 Å². The molecule has 0 radical (unpaired) electrons. The van der Waals surface area contributed by atoms with E-state index >= 15 is 0 Å². The van der Waals surface area contributed by atoms with E-state index < -0.39 is 0 Å². The summed E-state index contributed by atoms with van der Waals surface area (Å²) in [6, 6.07) is 14.3. The number of carbonyl (C=O) groups excluding carboxylic acids is 2. The summed E-state index contributed by atoms with van der Waals surface area (Å²) in [7, 11) is 4.52. The number of carbonyl (C=O) groups is 2. The van der Waals surface area contributed by atoms with Crippen LogP contribution in [0.2, 0.25) is 0 Å². The van der Waals surface area contributed by atoms with Crippen LogP contribution in [0.4, 0.5) is 11.4 Å². The predicted molar refractivity (Wildman–Crippen MR) is 159 cm³/mol. The van der Waals surface area contributed by atoms with Gasteiger partial charge in [-0.2, -0.15) is 0 Å². The summed E-state index contributed by atoms with van der Waals surface area (Å²) >= 11 is 0. The number of methoxy groups -OCH3 is 3. The predicted octanol–water partition coefficient (Wildman–Crippen LogP) is 3.99. The molecule has 2 amide bonds. The molecule has 10 nitrogen and oxygen atoms in total. The lowest BCUT2D eigenvalue weighted by Gasteiger charge is -2.44. The lowest BCUT2D eigenvalue weighted by molar-refractivity contribution is 0.0792. The van der Waals surface area contributed by atoms with Gasteiger partial charge in [0.1, 0.15) is 0 Å². The van der Waals surface area contributed by atoms with E-state index in [1.807, 2.05) is 33.7 Å². The lowest BCUT2D eigenvalue weighted by Crippen LogP contribution is -2.47. The van der Waals surface area contributed by atoms with Crippen LogP contribution in [-0.2, 0) is 6.54 Å². The topological polar surface area (TPSA) is 102 Å². The number of aromatic nitrogens is 1. The van der Waals surface area contributed by atoms with Gasteiger partial charge in [0.25, 0.3) is 17.4 Å². The fraction of sp³-hybridized carbons (Fsp3) is 0.406. The van der Waals surface area contributed by atoms with Crippen molar-refractivity contribution < 1.29 is 23.8 Å². The van der Waals surface area contributed by atoms with Crippen molar-refractivity contribution in [3.05, 3.63) is 75.7 Å². The molecule has 3 aliphatic heterocycles. The molecule has 42 heavy (non-hydrogen) atoms. The molecule has 2 aromatic carbocycles. The van der Waals surface area contributed by atoms with E-state index in [0.29, 0.717) is 53.1 Å². The summed E-state index contributed by atoms with van der Waals surface area (Å²) in [5.74, 6) is 1.23. The number of amides is 2. The Bertz CT molecular complexity index is 1550. The van der Waals surface area contributed by atoms with Crippen molar-refractivity contribution in [1.29, 1.82) is 0 Å². The molecule has 220 valence electrons. The molecule has 2 atom stereocenters. The standard InChI is InChI=1S/C32H36N4O6/c1-40-27-15-22(16-28(41-2)30(27)42-3)31(38)33-24-14-21(32(39)34-11-4-5-12-34)9-10-26(24)35-17-20-13-23(19-35)25-7-6-8-29(37)36(25)18-20/h6-10,14-16,20,23H,4-5,11-13,17-19H2,1-3H3,(H,33,38)/t20-,23+/m1/s1. The number of likely N-dealkylation sites (tertiary alicyclic amines) is 1. The van der Waals surface area contributed by atoms with Crippen molar-refractivity contribution in [3.8, 4) is 17.2 Å². The van der Waals surface area contributed by atoms with Gasteiger partial charge in [0.05, 0.1) is 32.7 Å². The SMILES string of the molecule is COc1cc(C(=O)Nc2cc(C(=O)N3CCCC3)ccc2N2C[C@H]3C[C@@H](C2)c2cccc(=O)n2C3)cc(OC)c1OC. The highest BCUT2D eigenvalue weighted by molar-refractivity contribution is 6.08. The second-order valence-electron chi connectivity index (χ2n) is 11.2. The second kappa shape index (κ2) is 11.4. The summed E-state index contributed by atoms with van der Waals surface area (Å²) in [6.45, 7) is 3.58. The van der Waals surface area contributed by atoms with Crippen LogP contribution in [0.5, 0.6) is 17.2 Å². The third-order valence-corrected chi connectivity index (χ3v) is 8.63. The zero-order valence-electron chi connectivity index (χ0n) is 24.2. The minimum atomic E-state index is -0.365. The molecule has 2 saturated heterocycles. The fourth-order valence-electron chi connectivity index (χ4n) is 6.65. The number of nitrogens with zero attached hydrogens (tertiary/aromatic N) is 3. The average molecular weight is 573 g/mol. The zero-order chi connectivity index (χ0) is 29.4. The third-order valence-electron chi connectivity index (χ3n) is 8.63. The van der Waals surface area contributed by atoms with Gasteiger partial charge in [-0.25, -0.2) is 0 Å². The molecule has 0 spiro atoms. The van der Waals surface area contributed by atoms with Gasteiger partial charge in [-0.1, -0.05) is 6.07 Å². The molecular formula is C32H36N4O6. The Hall–Kier alpha value is -4.47. The minimum Gasteiger partial charge on any atom is -0.493 e.